The van der Waals surface area contributed by atoms with E-state index in [1.54, 1.807) is 24.3 Å². The third-order valence-electron chi connectivity index (χ3n) is 5.59. The SMILES string of the molecule is CC1CCCCN1CCCCNC(=O)c1cccc(NC(=O)c2ccc(F)cc2)c1. The van der Waals surface area contributed by atoms with Gasteiger partial charge in [0.05, 0.1) is 0 Å². The number of benzene rings is 2. The Hall–Kier alpha value is -2.73. The van der Waals surface area contributed by atoms with Crippen molar-refractivity contribution in [1.82, 2.24) is 10.2 Å². The summed E-state index contributed by atoms with van der Waals surface area (Å²) in [6, 6.07) is 12.8. The monoisotopic (exact) mass is 411 g/mol. The number of carbonyl (C=O) groups is 2. The largest absolute Gasteiger partial charge is 0.352 e. The molecule has 0 aliphatic carbocycles. The smallest absolute Gasteiger partial charge is 0.255 e. The highest BCUT2D eigenvalue weighted by Crippen LogP contribution is 2.17. The normalized spacial score (nSPS) is 16.8. The van der Waals surface area contributed by atoms with Crippen LogP contribution in [0, 0.1) is 5.82 Å². The zero-order valence-corrected chi connectivity index (χ0v) is 17.5. The molecule has 160 valence electrons. The number of piperidine rings is 1. The highest BCUT2D eigenvalue weighted by atomic mass is 19.1. The number of nitrogens with one attached hydrogen (secondary N) is 2. The van der Waals surface area contributed by atoms with Crippen LogP contribution in [0.15, 0.2) is 48.5 Å². The first-order valence-electron chi connectivity index (χ1n) is 10.7. The second-order valence-corrected chi connectivity index (χ2v) is 7.89. The summed E-state index contributed by atoms with van der Waals surface area (Å²) in [5.74, 6) is -0.894. The number of hydrogen-bond acceptors (Lipinski definition) is 3. The molecule has 30 heavy (non-hydrogen) atoms. The Kier molecular flexibility index (Phi) is 7.97. The molecule has 1 aliphatic heterocycles. The van der Waals surface area contributed by atoms with Gasteiger partial charge in [-0.15, -0.1) is 0 Å². The number of rotatable bonds is 8. The third-order valence-corrected chi connectivity index (χ3v) is 5.59. The van der Waals surface area contributed by atoms with Crippen LogP contribution < -0.4 is 10.6 Å². The van der Waals surface area contributed by atoms with E-state index >= 15 is 0 Å². The molecule has 5 nitrogen and oxygen atoms in total. The van der Waals surface area contributed by atoms with Crippen LogP contribution in [-0.4, -0.2) is 42.4 Å². The maximum atomic E-state index is 13.0. The predicted octanol–water partition coefficient (Wildman–Crippen LogP) is 4.46. The van der Waals surface area contributed by atoms with Gasteiger partial charge < -0.3 is 15.5 Å². The number of carbonyl (C=O) groups excluding carboxylic acids is 2. The highest BCUT2D eigenvalue weighted by Gasteiger charge is 2.17. The standard InChI is InChI=1S/C24H30FN3O2/c1-18-7-2-4-15-28(18)16-5-3-14-26-23(29)20-8-6-9-22(17-20)27-24(30)19-10-12-21(25)13-11-19/h6,8-13,17-18H,2-5,7,14-16H2,1H3,(H,26,29)(H,27,30). The van der Waals surface area contributed by atoms with Crippen LogP contribution in [0.1, 0.15) is 59.7 Å². The molecule has 2 aromatic carbocycles. The second kappa shape index (κ2) is 10.9. The van der Waals surface area contributed by atoms with Crippen LogP contribution >= 0.6 is 0 Å². The van der Waals surface area contributed by atoms with Crippen LogP contribution in [0.2, 0.25) is 0 Å². The Balaban J connectivity index is 1.43. The Morgan fingerprint density at radius 3 is 2.60 bits per heavy atom. The van der Waals surface area contributed by atoms with Gasteiger partial charge in [0.25, 0.3) is 11.8 Å². The van der Waals surface area contributed by atoms with Crippen molar-refractivity contribution in [2.24, 2.45) is 0 Å². The van der Waals surface area contributed by atoms with Crippen LogP contribution in [0.25, 0.3) is 0 Å². The van der Waals surface area contributed by atoms with Crippen molar-refractivity contribution in [3.8, 4) is 0 Å². The molecular formula is C24H30FN3O2. The predicted molar refractivity (Wildman–Crippen MR) is 117 cm³/mol. The second-order valence-electron chi connectivity index (χ2n) is 7.89. The summed E-state index contributed by atoms with van der Waals surface area (Å²) in [5.41, 5.74) is 1.38. The average Bonchev–Trinajstić information content (AvgIpc) is 2.75. The first-order valence-corrected chi connectivity index (χ1v) is 10.7. The molecular weight excluding hydrogens is 381 g/mol. The Morgan fingerprint density at radius 1 is 1.03 bits per heavy atom. The Labute approximate surface area is 177 Å². The van der Waals surface area contributed by atoms with E-state index in [4.69, 9.17) is 0 Å². The van der Waals surface area contributed by atoms with Crippen molar-refractivity contribution < 1.29 is 14.0 Å². The van der Waals surface area contributed by atoms with Gasteiger partial charge in [-0.2, -0.15) is 0 Å². The lowest BCUT2D eigenvalue weighted by Gasteiger charge is -2.33. The lowest BCUT2D eigenvalue weighted by molar-refractivity contribution is 0.0950. The first-order chi connectivity index (χ1) is 14.5. The topological polar surface area (TPSA) is 61.4 Å². The number of amides is 2. The van der Waals surface area contributed by atoms with Gasteiger partial charge in [-0.25, -0.2) is 4.39 Å². The maximum Gasteiger partial charge on any atom is 0.255 e. The van der Waals surface area contributed by atoms with E-state index in [9.17, 15) is 14.0 Å². The van der Waals surface area contributed by atoms with Crippen molar-refractivity contribution >= 4 is 17.5 Å². The molecule has 0 radical (unpaired) electrons. The summed E-state index contributed by atoms with van der Waals surface area (Å²) in [7, 11) is 0. The summed E-state index contributed by atoms with van der Waals surface area (Å²) >= 11 is 0. The zero-order chi connectivity index (χ0) is 21.3. The number of likely N-dealkylation sites (tertiary alicyclic amines) is 1. The average molecular weight is 412 g/mol. The third kappa shape index (κ3) is 6.39. The molecule has 3 rings (SSSR count). The molecule has 1 fully saturated rings. The summed E-state index contributed by atoms with van der Waals surface area (Å²) in [5, 5.41) is 5.70. The molecule has 2 aromatic rings. The number of hydrogen-bond donors (Lipinski definition) is 2. The molecule has 2 N–H and O–H groups in total. The lowest BCUT2D eigenvalue weighted by Crippen LogP contribution is -2.38. The van der Waals surface area contributed by atoms with E-state index in [-0.39, 0.29) is 11.8 Å². The number of unbranched alkanes of at least 4 members (excludes halogenated alkanes) is 1. The van der Waals surface area contributed by atoms with Gasteiger partial charge in [-0.3, -0.25) is 9.59 Å². The zero-order valence-electron chi connectivity index (χ0n) is 17.5. The molecule has 1 aliphatic rings. The number of nitrogens with zero attached hydrogens (tertiary/aromatic N) is 1. The summed E-state index contributed by atoms with van der Waals surface area (Å²) in [6.07, 6.45) is 5.91. The highest BCUT2D eigenvalue weighted by molar-refractivity contribution is 6.05. The molecule has 0 saturated carbocycles. The van der Waals surface area contributed by atoms with Gasteiger partial charge in [0.15, 0.2) is 0 Å². The van der Waals surface area contributed by atoms with Crippen LogP contribution in [0.4, 0.5) is 10.1 Å². The fourth-order valence-electron chi connectivity index (χ4n) is 3.78. The summed E-state index contributed by atoms with van der Waals surface area (Å²) in [6.45, 7) is 5.20. The fraction of sp³-hybridized carbons (Fsp3) is 0.417. The van der Waals surface area contributed by atoms with E-state index in [2.05, 4.69) is 22.5 Å². The van der Waals surface area contributed by atoms with E-state index in [1.807, 2.05) is 0 Å². The van der Waals surface area contributed by atoms with Crippen molar-refractivity contribution in [2.45, 2.75) is 45.1 Å². The molecule has 1 saturated heterocycles. The van der Waals surface area contributed by atoms with Gasteiger partial charge in [0.1, 0.15) is 5.82 Å². The summed E-state index contributed by atoms with van der Waals surface area (Å²) in [4.78, 5) is 27.2. The van der Waals surface area contributed by atoms with Crippen LogP contribution in [0.3, 0.4) is 0 Å². The first kappa shape index (κ1) is 22.0. The van der Waals surface area contributed by atoms with Crippen LogP contribution in [-0.2, 0) is 0 Å². The molecule has 6 heteroatoms. The minimum atomic E-state index is -0.393. The molecule has 0 aromatic heterocycles. The fourth-order valence-corrected chi connectivity index (χ4v) is 3.78. The number of halogens is 1. The van der Waals surface area contributed by atoms with Gasteiger partial charge >= 0.3 is 0 Å². The molecule has 1 atom stereocenters. The summed E-state index contributed by atoms with van der Waals surface area (Å²) < 4.78 is 13.0. The maximum absolute atomic E-state index is 13.0. The Morgan fingerprint density at radius 2 is 1.83 bits per heavy atom. The van der Waals surface area contributed by atoms with Crippen molar-refractivity contribution in [2.75, 3.05) is 25.0 Å². The van der Waals surface area contributed by atoms with Crippen molar-refractivity contribution in [3.05, 3.63) is 65.5 Å². The quantitative estimate of drug-likeness (QED) is 0.631. The van der Waals surface area contributed by atoms with Gasteiger partial charge in [0, 0.05) is 29.4 Å². The number of anilines is 1. The van der Waals surface area contributed by atoms with E-state index in [1.165, 1.54) is 50.1 Å². The molecule has 0 bridgehead atoms. The molecule has 1 unspecified atom stereocenters. The Bertz CT molecular complexity index is 854. The van der Waals surface area contributed by atoms with Gasteiger partial charge in [0.2, 0.25) is 0 Å². The minimum Gasteiger partial charge on any atom is -0.352 e. The van der Waals surface area contributed by atoms with Crippen LogP contribution in [0.5, 0.6) is 0 Å². The van der Waals surface area contributed by atoms with Crippen molar-refractivity contribution in [1.29, 1.82) is 0 Å². The van der Waals surface area contributed by atoms with Crippen molar-refractivity contribution in [3.63, 3.8) is 0 Å². The molecule has 1 heterocycles. The van der Waals surface area contributed by atoms with Gasteiger partial charge in [-0.1, -0.05) is 12.5 Å². The van der Waals surface area contributed by atoms with E-state index in [0.29, 0.717) is 29.4 Å². The lowest BCUT2D eigenvalue weighted by atomic mass is 10.0. The molecule has 2 amide bonds. The van der Waals surface area contributed by atoms with E-state index in [0.717, 1.165) is 19.4 Å². The molecule has 0 spiro atoms. The van der Waals surface area contributed by atoms with E-state index < -0.39 is 5.82 Å². The minimum absolute atomic E-state index is 0.153. The van der Waals surface area contributed by atoms with Gasteiger partial charge in [-0.05, 0) is 88.2 Å².